The van der Waals surface area contributed by atoms with E-state index in [4.69, 9.17) is 28.4 Å². The van der Waals surface area contributed by atoms with E-state index in [9.17, 15) is 29.7 Å². The Morgan fingerprint density at radius 3 is 2.16 bits per heavy atom. The molecular formula is C44H71NaO12. The van der Waals surface area contributed by atoms with Gasteiger partial charge in [-0.2, -0.15) is 0 Å². The molecule has 5 heterocycles. The monoisotopic (exact) mass is 814 g/mol. The summed E-state index contributed by atoms with van der Waals surface area (Å²) in [5.41, 5.74) is -1.71. The van der Waals surface area contributed by atoms with Gasteiger partial charge in [-0.25, -0.2) is 0 Å². The second-order valence-electron chi connectivity index (χ2n) is 18.5. The average Bonchev–Trinajstić information content (AvgIpc) is 3.49. The molecule has 2 spiro atoms. The van der Waals surface area contributed by atoms with E-state index in [1.54, 1.807) is 13.0 Å². The molecule has 5 rings (SSSR count). The van der Waals surface area contributed by atoms with Crippen LogP contribution in [0.5, 0.6) is 0 Å². The van der Waals surface area contributed by atoms with E-state index in [-0.39, 0.29) is 65.3 Å². The van der Waals surface area contributed by atoms with E-state index in [2.05, 4.69) is 13.8 Å². The Kier molecular flexibility index (Phi) is 16.2. The minimum atomic E-state index is -1.38. The number of carbonyl (C=O) groups is 3. The molecule has 0 unspecified atom stereocenters. The number of carboxylic acid groups (broad SMARTS) is 1. The molecule has 2 N–H and O–H groups in total. The molecular weight excluding hydrogens is 743 g/mol. The number of esters is 1. The number of aliphatic hydroxyl groups excluding tert-OH is 1. The fourth-order valence-corrected chi connectivity index (χ4v) is 10.8. The Labute approximate surface area is 363 Å². The third kappa shape index (κ3) is 9.61. The molecule has 0 aromatic rings. The summed E-state index contributed by atoms with van der Waals surface area (Å²) in [4.78, 5) is 38.8. The molecule has 13 heteroatoms. The predicted molar refractivity (Wildman–Crippen MR) is 206 cm³/mol. The van der Waals surface area contributed by atoms with Crippen molar-refractivity contribution < 1.29 is 87.7 Å². The molecule has 0 amide bonds. The fraction of sp³-hybridized carbons (Fsp3) is 0.886. The third-order valence-corrected chi connectivity index (χ3v) is 14.7. The van der Waals surface area contributed by atoms with Crippen LogP contribution in [0.25, 0.3) is 0 Å². The number of rotatable bonds is 13. The zero-order valence-electron chi connectivity index (χ0n) is 36.8. The molecule has 5 aliphatic rings. The predicted octanol–water partition coefficient (Wildman–Crippen LogP) is 2.43. The number of hydrogen-bond donors (Lipinski definition) is 2. The van der Waals surface area contributed by atoms with Crippen molar-refractivity contribution in [3.8, 4) is 0 Å². The van der Waals surface area contributed by atoms with Gasteiger partial charge in [0.15, 0.2) is 11.9 Å². The molecule has 12 nitrogen and oxygen atoms in total. The summed E-state index contributed by atoms with van der Waals surface area (Å²) < 4.78 is 39.8. The summed E-state index contributed by atoms with van der Waals surface area (Å²) >= 11 is 0. The second kappa shape index (κ2) is 19.0. The minimum Gasteiger partial charge on any atom is -0.550 e. The Balaban J connectivity index is 0.00000720. The first-order valence-corrected chi connectivity index (χ1v) is 21.6. The summed E-state index contributed by atoms with van der Waals surface area (Å²) in [6.07, 6.45) is 5.21. The number of carboxylic acids is 1. The second-order valence-corrected chi connectivity index (χ2v) is 18.5. The van der Waals surface area contributed by atoms with Crippen molar-refractivity contribution >= 4 is 17.7 Å². The zero-order chi connectivity index (χ0) is 41.5. The molecule has 0 aromatic carbocycles. The number of Topliss-reactive ketones (excluding diaryl/α,β-unsaturated/α-hetero) is 1. The van der Waals surface area contributed by atoms with Gasteiger partial charge in [0.2, 0.25) is 5.79 Å². The molecule has 320 valence electrons. The van der Waals surface area contributed by atoms with Gasteiger partial charge in [-0.05, 0) is 95.6 Å². The number of carbonyl (C=O) groups excluding carboxylic acids is 3. The number of aliphatic carboxylic acids is 1. The van der Waals surface area contributed by atoms with Crippen LogP contribution in [0.2, 0.25) is 0 Å². The van der Waals surface area contributed by atoms with Crippen molar-refractivity contribution in [2.45, 2.75) is 206 Å². The summed E-state index contributed by atoms with van der Waals surface area (Å²) in [5, 5.41) is 34.7. The van der Waals surface area contributed by atoms with Crippen molar-refractivity contribution in [3.05, 3.63) is 12.2 Å². The smallest absolute Gasteiger partial charge is 0.550 e. The van der Waals surface area contributed by atoms with Crippen molar-refractivity contribution in [2.75, 3.05) is 0 Å². The van der Waals surface area contributed by atoms with E-state index in [1.807, 2.05) is 54.5 Å². The van der Waals surface area contributed by atoms with Crippen molar-refractivity contribution in [3.63, 3.8) is 0 Å². The minimum absolute atomic E-state index is 0. The van der Waals surface area contributed by atoms with Gasteiger partial charge in [0, 0.05) is 48.9 Å². The van der Waals surface area contributed by atoms with Crippen LogP contribution in [0.15, 0.2) is 12.2 Å². The first kappa shape index (κ1) is 48.7. The van der Waals surface area contributed by atoms with Gasteiger partial charge in [-0.15, -0.1) is 0 Å². The molecule has 18 atom stereocenters. The van der Waals surface area contributed by atoms with Crippen LogP contribution >= 0.6 is 0 Å². The molecule has 5 aliphatic heterocycles. The maximum atomic E-state index is 14.5. The molecule has 0 radical (unpaired) electrons. The van der Waals surface area contributed by atoms with Crippen molar-refractivity contribution in [1.29, 1.82) is 0 Å². The van der Waals surface area contributed by atoms with Crippen LogP contribution in [0, 0.1) is 41.4 Å². The summed E-state index contributed by atoms with van der Waals surface area (Å²) in [6, 6.07) is 0. The fourth-order valence-electron chi connectivity index (χ4n) is 10.8. The van der Waals surface area contributed by atoms with Crippen molar-refractivity contribution in [2.24, 2.45) is 41.4 Å². The van der Waals surface area contributed by atoms with Crippen LogP contribution in [0.1, 0.15) is 140 Å². The third-order valence-electron chi connectivity index (χ3n) is 14.7. The number of hydrogen-bond acceptors (Lipinski definition) is 12. The van der Waals surface area contributed by atoms with Gasteiger partial charge in [-0.3, -0.25) is 9.59 Å². The summed E-state index contributed by atoms with van der Waals surface area (Å²) in [6.45, 7) is 20.8. The maximum absolute atomic E-state index is 14.5. The van der Waals surface area contributed by atoms with Gasteiger partial charge in [0.1, 0.15) is 5.78 Å². The number of ketones is 1. The van der Waals surface area contributed by atoms with Crippen LogP contribution in [0.3, 0.4) is 0 Å². The molecule has 0 saturated carbocycles. The molecule has 4 fully saturated rings. The molecule has 0 aromatic heterocycles. The van der Waals surface area contributed by atoms with Gasteiger partial charge in [0.25, 0.3) is 0 Å². The van der Waals surface area contributed by atoms with Crippen molar-refractivity contribution in [1.82, 2.24) is 0 Å². The summed E-state index contributed by atoms with van der Waals surface area (Å²) in [7, 11) is 0. The van der Waals surface area contributed by atoms with Gasteiger partial charge in [0.05, 0.1) is 47.8 Å². The Morgan fingerprint density at radius 2 is 1.58 bits per heavy atom. The Morgan fingerprint density at radius 1 is 0.912 bits per heavy atom. The van der Waals surface area contributed by atoms with Crippen LogP contribution in [-0.2, 0) is 42.8 Å². The first-order chi connectivity index (χ1) is 26.2. The van der Waals surface area contributed by atoms with E-state index >= 15 is 0 Å². The standard InChI is InChI=1S/C44H72O12.Na/c1-12-31(40(48)49)33-16-15-24(4)38(53-33)28(8)36(46)27(7)37(47)32(13-2)39-25(5)23-26(6)43(54-39)20-18-35(52-30(10)45)44(56-43)22-21-41(11,55-44)34-17-19-42(50,14-3)29(9)51-34;/h18,20,24-29,31-36,38-39,46,50H,12-17,19,21-23H2,1-11H3,(H,48,49);/q;+1/p-1/t24-,25-,26+,27-,28-,29-,31+,32-,33+,34+,35-,36+,38+,39-,41-,42+,43-,44-;/m0./s1. The van der Waals surface area contributed by atoms with Crippen LogP contribution in [-0.4, -0.2) is 93.4 Å². The molecule has 0 bridgehead atoms. The van der Waals surface area contributed by atoms with E-state index < -0.39 is 88.9 Å². The number of ether oxygens (including phenoxy) is 6. The zero-order valence-corrected chi connectivity index (χ0v) is 38.8. The average molecular weight is 815 g/mol. The normalized spacial score (nSPS) is 43.4. The largest absolute Gasteiger partial charge is 1.00 e. The number of aliphatic hydroxyl groups is 2. The Hall–Kier alpha value is -0.930. The van der Waals surface area contributed by atoms with E-state index in [1.165, 1.54) is 6.92 Å². The first-order valence-electron chi connectivity index (χ1n) is 21.6. The topological polar surface area (TPSA) is 170 Å². The van der Waals surface area contributed by atoms with Crippen LogP contribution in [0.4, 0.5) is 0 Å². The van der Waals surface area contributed by atoms with Gasteiger partial charge >= 0.3 is 35.5 Å². The maximum Gasteiger partial charge on any atom is 1.00 e. The molecule has 57 heavy (non-hydrogen) atoms. The van der Waals surface area contributed by atoms with Gasteiger partial charge in [-0.1, -0.05) is 55.4 Å². The SMILES string of the molecule is CC[C@@H](C(=O)[C@@H](C)[C@@H](O)[C@H](C)[C@@H]1O[C@@H]([C@@H](CC)C(=O)[O-])CC[C@@H]1C)[C@H]1O[C@]2(C=C[C@H](OC(C)=O)[C@]3(CC[C@@](C)([C@H]4CC[C@](O)(CC)[C@H](C)O4)O3)O2)[C@H](C)C[C@@H]1C.[Na+]. The van der Waals surface area contributed by atoms with Crippen LogP contribution < -0.4 is 34.7 Å². The quantitative estimate of drug-likeness (QED) is 0.159. The Bertz CT molecular complexity index is 1440. The molecule has 4 saturated heterocycles. The van der Waals surface area contributed by atoms with Gasteiger partial charge < -0.3 is 48.5 Å². The van der Waals surface area contributed by atoms with E-state index in [0.29, 0.717) is 57.8 Å². The van der Waals surface area contributed by atoms with E-state index in [0.717, 1.165) is 6.42 Å². The summed E-state index contributed by atoms with van der Waals surface area (Å²) in [5.74, 6) is -6.94. The molecule has 0 aliphatic carbocycles.